The SMILES string of the molecule is CN(C)C(CNC(=O)C(=O)Nc1cccc(-n2cnnc2)c1)c1ccccc1. The van der Waals surface area contributed by atoms with Gasteiger partial charge in [-0.05, 0) is 37.9 Å². The predicted molar refractivity (Wildman–Crippen MR) is 106 cm³/mol. The topological polar surface area (TPSA) is 92.2 Å². The van der Waals surface area contributed by atoms with Crippen molar-refractivity contribution < 1.29 is 9.59 Å². The molecule has 0 bridgehead atoms. The van der Waals surface area contributed by atoms with Crippen LogP contribution in [0.15, 0.2) is 67.3 Å². The second-order valence-electron chi connectivity index (χ2n) is 6.47. The minimum absolute atomic E-state index is 0.0324. The molecule has 2 N–H and O–H groups in total. The van der Waals surface area contributed by atoms with Crippen LogP contribution < -0.4 is 10.6 Å². The van der Waals surface area contributed by atoms with Gasteiger partial charge in [0.1, 0.15) is 12.7 Å². The number of carbonyl (C=O) groups is 2. The maximum absolute atomic E-state index is 12.3. The van der Waals surface area contributed by atoms with Crippen molar-refractivity contribution in [1.82, 2.24) is 25.0 Å². The van der Waals surface area contributed by atoms with Crippen LogP contribution in [0.3, 0.4) is 0 Å². The number of hydrogen-bond acceptors (Lipinski definition) is 5. The molecule has 144 valence electrons. The Hall–Kier alpha value is -3.52. The van der Waals surface area contributed by atoms with Gasteiger partial charge >= 0.3 is 11.8 Å². The minimum atomic E-state index is -0.716. The highest BCUT2D eigenvalue weighted by atomic mass is 16.2. The molecule has 2 aromatic carbocycles. The molecule has 8 nitrogen and oxygen atoms in total. The van der Waals surface area contributed by atoms with E-state index in [1.54, 1.807) is 35.4 Å². The molecule has 0 radical (unpaired) electrons. The summed E-state index contributed by atoms with van der Waals surface area (Å²) in [5.74, 6) is -1.40. The van der Waals surface area contributed by atoms with Gasteiger partial charge in [0.15, 0.2) is 0 Å². The number of amides is 2. The van der Waals surface area contributed by atoms with E-state index in [0.717, 1.165) is 11.3 Å². The Balaban J connectivity index is 1.60. The number of rotatable bonds is 6. The first-order valence-corrected chi connectivity index (χ1v) is 8.80. The molecule has 0 fully saturated rings. The third-order valence-corrected chi connectivity index (χ3v) is 4.29. The van der Waals surface area contributed by atoms with Crippen molar-refractivity contribution in [1.29, 1.82) is 0 Å². The van der Waals surface area contributed by atoms with Crippen LogP contribution in [-0.2, 0) is 9.59 Å². The highest BCUT2D eigenvalue weighted by molar-refractivity contribution is 6.39. The molecular weight excluding hydrogens is 356 g/mol. The van der Waals surface area contributed by atoms with Crippen LogP contribution in [0.2, 0.25) is 0 Å². The molecule has 3 rings (SSSR count). The maximum Gasteiger partial charge on any atom is 0.313 e. The summed E-state index contributed by atoms with van der Waals surface area (Å²) in [5.41, 5.74) is 2.35. The summed E-state index contributed by atoms with van der Waals surface area (Å²) in [5, 5.41) is 12.8. The molecule has 8 heteroatoms. The molecular formula is C20H22N6O2. The van der Waals surface area contributed by atoms with Crippen LogP contribution in [0.4, 0.5) is 5.69 Å². The summed E-state index contributed by atoms with van der Waals surface area (Å²) < 4.78 is 1.71. The predicted octanol–water partition coefficient (Wildman–Crippen LogP) is 1.62. The number of nitrogens with zero attached hydrogens (tertiary/aromatic N) is 4. The highest BCUT2D eigenvalue weighted by Crippen LogP contribution is 2.17. The van der Waals surface area contributed by atoms with Gasteiger partial charge in [0.25, 0.3) is 0 Å². The smallest absolute Gasteiger partial charge is 0.313 e. The molecule has 0 spiro atoms. The van der Waals surface area contributed by atoms with Gasteiger partial charge in [-0.25, -0.2) is 0 Å². The lowest BCUT2D eigenvalue weighted by Crippen LogP contribution is -2.40. The zero-order valence-electron chi connectivity index (χ0n) is 15.7. The average Bonchev–Trinajstić information content (AvgIpc) is 3.23. The Labute approximate surface area is 163 Å². The number of benzene rings is 2. The molecule has 1 unspecified atom stereocenters. The molecule has 1 aromatic heterocycles. The fraction of sp³-hybridized carbons (Fsp3) is 0.200. The van der Waals surface area contributed by atoms with Gasteiger partial charge in [0, 0.05) is 12.2 Å². The fourth-order valence-electron chi connectivity index (χ4n) is 2.81. The van der Waals surface area contributed by atoms with Gasteiger partial charge in [-0.15, -0.1) is 10.2 Å². The van der Waals surface area contributed by atoms with Crippen molar-refractivity contribution in [3.05, 3.63) is 72.8 Å². The molecule has 0 aliphatic carbocycles. The van der Waals surface area contributed by atoms with E-state index in [-0.39, 0.29) is 6.04 Å². The number of hydrogen-bond donors (Lipinski definition) is 2. The first kappa shape index (κ1) is 19.2. The summed E-state index contributed by atoms with van der Waals surface area (Å²) >= 11 is 0. The second kappa shape index (κ2) is 8.92. The van der Waals surface area contributed by atoms with Gasteiger partial charge in [0.05, 0.1) is 11.7 Å². The van der Waals surface area contributed by atoms with Gasteiger partial charge in [-0.2, -0.15) is 0 Å². The molecule has 0 saturated heterocycles. The fourth-order valence-corrected chi connectivity index (χ4v) is 2.81. The lowest BCUT2D eigenvalue weighted by atomic mass is 10.1. The van der Waals surface area contributed by atoms with E-state index in [1.165, 1.54) is 0 Å². The van der Waals surface area contributed by atoms with Gasteiger partial charge in [0.2, 0.25) is 0 Å². The van der Waals surface area contributed by atoms with Crippen LogP contribution in [0.1, 0.15) is 11.6 Å². The average molecular weight is 378 g/mol. The summed E-state index contributed by atoms with van der Waals surface area (Å²) in [4.78, 5) is 26.5. The molecule has 0 saturated carbocycles. The van der Waals surface area contributed by atoms with E-state index in [2.05, 4.69) is 20.8 Å². The van der Waals surface area contributed by atoms with Crippen LogP contribution in [0.5, 0.6) is 0 Å². The van der Waals surface area contributed by atoms with E-state index in [0.29, 0.717) is 12.2 Å². The van der Waals surface area contributed by atoms with Crippen LogP contribution in [0, 0.1) is 0 Å². The van der Waals surface area contributed by atoms with Crippen LogP contribution >= 0.6 is 0 Å². The van der Waals surface area contributed by atoms with E-state index < -0.39 is 11.8 Å². The number of nitrogens with one attached hydrogen (secondary N) is 2. The number of likely N-dealkylation sites (N-methyl/N-ethyl adjacent to an activating group) is 1. The summed E-state index contributed by atoms with van der Waals surface area (Å²) in [7, 11) is 3.86. The number of aromatic nitrogens is 3. The van der Waals surface area contributed by atoms with Gasteiger partial charge in [-0.3, -0.25) is 14.2 Å². The highest BCUT2D eigenvalue weighted by Gasteiger charge is 2.18. The Morgan fingerprint density at radius 1 is 1.00 bits per heavy atom. The van der Waals surface area contributed by atoms with E-state index in [4.69, 9.17) is 0 Å². The van der Waals surface area contributed by atoms with E-state index >= 15 is 0 Å². The van der Waals surface area contributed by atoms with Crippen molar-refractivity contribution in [2.75, 3.05) is 26.0 Å². The molecule has 0 aliphatic rings. The Morgan fingerprint density at radius 2 is 1.71 bits per heavy atom. The van der Waals surface area contributed by atoms with Crippen molar-refractivity contribution in [2.24, 2.45) is 0 Å². The molecule has 0 aliphatic heterocycles. The number of anilines is 1. The normalized spacial score (nSPS) is 11.8. The number of carbonyl (C=O) groups excluding carboxylic acids is 2. The zero-order valence-corrected chi connectivity index (χ0v) is 15.7. The van der Waals surface area contributed by atoms with Gasteiger partial charge in [-0.1, -0.05) is 36.4 Å². The second-order valence-corrected chi connectivity index (χ2v) is 6.47. The molecule has 3 aromatic rings. The first-order chi connectivity index (χ1) is 13.5. The lowest BCUT2D eigenvalue weighted by molar-refractivity contribution is -0.136. The van der Waals surface area contributed by atoms with E-state index in [1.807, 2.05) is 55.4 Å². The first-order valence-electron chi connectivity index (χ1n) is 8.80. The van der Waals surface area contributed by atoms with E-state index in [9.17, 15) is 9.59 Å². The zero-order chi connectivity index (χ0) is 19.9. The standard InChI is InChI=1S/C20H22N6O2/c1-25(2)18(15-7-4-3-5-8-15)12-21-19(27)20(28)24-16-9-6-10-17(11-16)26-13-22-23-14-26/h3-11,13-14,18H,12H2,1-2H3,(H,21,27)(H,24,28). The minimum Gasteiger partial charge on any atom is -0.346 e. The van der Waals surface area contributed by atoms with Crippen molar-refractivity contribution in [2.45, 2.75) is 6.04 Å². The third kappa shape index (κ3) is 4.80. The summed E-state index contributed by atoms with van der Waals surface area (Å²) in [6, 6.07) is 16.9. The van der Waals surface area contributed by atoms with Crippen molar-refractivity contribution in [3.63, 3.8) is 0 Å². The Kier molecular flexibility index (Phi) is 6.13. The monoisotopic (exact) mass is 378 g/mol. The van der Waals surface area contributed by atoms with Crippen LogP contribution in [-0.4, -0.2) is 52.1 Å². The molecule has 1 heterocycles. The molecule has 2 amide bonds. The quantitative estimate of drug-likeness (QED) is 0.636. The van der Waals surface area contributed by atoms with Gasteiger partial charge < -0.3 is 15.5 Å². The molecule has 1 atom stereocenters. The van der Waals surface area contributed by atoms with Crippen LogP contribution in [0.25, 0.3) is 5.69 Å². The molecule has 28 heavy (non-hydrogen) atoms. The van der Waals surface area contributed by atoms with Crippen molar-refractivity contribution >= 4 is 17.5 Å². The maximum atomic E-state index is 12.3. The van der Waals surface area contributed by atoms with Crippen molar-refractivity contribution in [3.8, 4) is 5.69 Å². The lowest BCUT2D eigenvalue weighted by Gasteiger charge is -2.25. The summed E-state index contributed by atoms with van der Waals surface area (Å²) in [6.07, 6.45) is 3.11. The summed E-state index contributed by atoms with van der Waals surface area (Å²) in [6.45, 7) is 0.323. The largest absolute Gasteiger partial charge is 0.346 e. The Morgan fingerprint density at radius 3 is 2.39 bits per heavy atom. The Bertz CT molecular complexity index is 925. The third-order valence-electron chi connectivity index (χ3n) is 4.29.